The summed E-state index contributed by atoms with van der Waals surface area (Å²) in [6, 6.07) is 171. The average Bonchev–Trinajstić information content (AvgIpc) is 0.732. The van der Waals surface area contributed by atoms with Gasteiger partial charge in [-0.25, -0.2) is 49.7 Å². The van der Waals surface area contributed by atoms with Crippen LogP contribution in [-0.2, 0) is 16.2 Å². The van der Waals surface area contributed by atoms with Crippen molar-refractivity contribution in [1.29, 1.82) is 0 Å². The quantitative estimate of drug-likeness (QED) is 0.0854. The molecule has 0 unspecified atom stereocenters. The van der Waals surface area contributed by atoms with E-state index in [2.05, 4.69) is 474 Å². The van der Waals surface area contributed by atoms with Gasteiger partial charge in [0, 0.05) is 83.4 Å². The summed E-state index contributed by atoms with van der Waals surface area (Å²) in [5.41, 5.74) is 35.9. The molecule has 3 aliphatic rings. The molecule has 0 aliphatic carbocycles. The van der Waals surface area contributed by atoms with Crippen LogP contribution in [0.5, 0.6) is 0 Å². The van der Waals surface area contributed by atoms with E-state index in [1.807, 2.05) is 66.7 Å². The fourth-order valence-corrected chi connectivity index (χ4v) is 20.5. The molecular formula is C133H99N13. The molecule has 6 heterocycles. The van der Waals surface area contributed by atoms with Crippen molar-refractivity contribution >= 4 is 56.9 Å². The normalized spacial score (nSPS) is 13.0. The van der Waals surface area contributed by atoms with E-state index in [1.54, 1.807) is 12.1 Å². The van der Waals surface area contributed by atoms with Gasteiger partial charge in [-0.05, 0) is 199 Å². The van der Waals surface area contributed by atoms with Crippen LogP contribution >= 0.6 is 0 Å². The van der Waals surface area contributed by atoms with E-state index in [0.717, 1.165) is 101 Å². The van der Waals surface area contributed by atoms with E-state index < -0.39 is 0 Å². The number of hydrogen-bond donors (Lipinski definition) is 0. The van der Waals surface area contributed by atoms with Crippen LogP contribution in [0.15, 0.2) is 491 Å². The molecule has 0 saturated carbocycles. The minimum atomic E-state index is -0.114. The molecule has 13 nitrogen and oxygen atoms in total. The van der Waals surface area contributed by atoms with Crippen LogP contribution in [0.1, 0.15) is 74.9 Å². The molecule has 25 rings (SSSR count). The highest BCUT2D eigenvalue weighted by Gasteiger charge is 2.40. The van der Waals surface area contributed by atoms with E-state index in [9.17, 15) is 0 Å². The molecule has 0 amide bonds. The molecule has 696 valence electrons. The van der Waals surface area contributed by atoms with E-state index in [4.69, 9.17) is 51.4 Å². The van der Waals surface area contributed by atoms with Crippen molar-refractivity contribution in [3.63, 3.8) is 0 Å². The van der Waals surface area contributed by atoms with Crippen molar-refractivity contribution in [2.75, 3.05) is 14.7 Å². The Balaban J connectivity index is 0.000000122. The Kier molecular flexibility index (Phi) is 24.3. The van der Waals surface area contributed by atoms with Crippen molar-refractivity contribution in [3.05, 3.63) is 536 Å². The Morgan fingerprint density at radius 2 is 0.315 bits per heavy atom. The van der Waals surface area contributed by atoms with Crippen LogP contribution in [-0.4, -0.2) is 44.9 Å². The number of para-hydroxylation sites is 6. The van der Waals surface area contributed by atoms with Gasteiger partial charge in [0.05, 0.1) is 40.7 Å². The number of hydrogen-bond acceptors (Lipinski definition) is 12. The Labute approximate surface area is 851 Å². The summed E-state index contributed by atoms with van der Waals surface area (Å²) in [6.45, 7) is 21.1. The standard InChI is InChI=1S/2C48H36N4.C37H27N5/c1-48(2)41-23-9-11-25-43(41)52(44-26-12-10-24-42(44)48)40-29-27-35(28-30-40)45-49-46(38-21-13-19-36(31-38)33-15-5-3-6-16-33)51-47(50-45)39-22-14-20-37(32-39)34-17-7-4-8-18-34;1-48(2)41-17-9-11-19-43(41)52(44-20-12-10-18-42(44)48)40-31-29-39(30-32-40)47-50-45(37-25-21-35(22-26-37)33-13-5-3-6-14-33)49-46(51-47)38-27-23-36(24-28-38)34-15-7-4-8-16-34;1-37(2)30-13-7-9-15-32(30)42(33-16-10-8-14-31(33)37)29-23-19-27(20-24-29)36-40-34(25-11-5-4-6-12-25)39-35(41-36)26-17-21-28(38-3)22-18-26/h2*3-32H,1-2H3;4-24H,1-2H3. The molecule has 22 aromatic rings. The van der Waals surface area contributed by atoms with Crippen LogP contribution < -0.4 is 14.7 Å². The second-order valence-electron chi connectivity index (χ2n) is 38.3. The van der Waals surface area contributed by atoms with Gasteiger partial charge >= 0.3 is 0 Å². The van der Waals surface area contributed by atoms with Gasteiger partial charge in [-0.15, -0.1) is 0 Å². The minimum Gasteiger partial charge on any atom is -0.310 e. The molecule has 0 radical (unpaired) electrons. The van der Waals surface area contributed by atoms with E-state index in [-0.39, 0.29) is 16.2 Å². The molecule has 0 bridgehead atoms. The van der Waals surface area contributed by atoms with Crippen molar-refractivity contribution < 1.29 is 0 Å². The zero-order valence-electron chi connectivity index (χ0n) is 81.6. The first kappa shape index (κ1) is 90.9. The van der Waals surface area contributed by atoms with Crippen molar-refractivity contribution in [2.45, 2.75) is 57.8 Å². The van der Waals surface area contributed by atoms with Gasteiger partial charge < -0.3 is 14.7 Å². The molecule has 0 N–H and O–H groups in total. The summed E-state index contributed by atoms with van der Waals surface area (Å²) >= 11 is 0. The van der Waals surface area contributed by atoms with E-state index in [1.165, 1.54) is 78.6 Å². The van der Waals surface area contributed by atoms with E-state index >= 15 is 0 Å². The lowest BCUT2D eigenvalue weighted by atomic mass is 9.73. The number of aromatic nitrogens is 9. The fourth-order valence-electron chi connectivity index (χ4n) is 20.5. The zero-order chi connectivity index (χ0) is 98.8. The lowest BCUT2D eigenvalue weighted by molar-refractivity contribution is 0.632. The highest BCUT2D eigenvalue weighted by molar-refractivity contribution is 5.91. The summed E-state index contributed by atoms with van der Waals surface area (Å²) in [4.78, 5) is 55.6. The maximum atomic E-state index is 7.28. The fraction of sp³-hybridized carbons (Fsp3) is 0.0677. The number of nitrogens with zero attached hydrogens (tertiary/aromatic N) is 13. The lowest BCUT2D eigenvalue weighted by Gasteiger charge is -2.42. The Morgan fingerprint density at radius 1 is 0.158 bits per heavy atom. The predicted octanol–water partition coefficient (Wildman–Crippen LogP) is 34.2. The second-order valence-corrected chi connectivity index (χ2v) is 38.3. The van der Waals surface area contributed by atoms with Gasteiger partial charge in [0.1, 0.15) is 0 Å². The van der Waals surface area contributed by atoms with Gasteiger partial charge in [-0.1, -0.05) is 412 Å². The Bertz CT molecular complexity index is 8250. The van der Waals surface area contributed by atoms with Crippen molar-refractivity contribution in [2.24, 2.45) is 0 Å². The number of rotatable bonds is 16. The molecule has 3 aliphatic heterocycles. The molecule has 0 spiro atoms. The third-order valence-corrected chi connectivity index (χ3v) is 28.2. The zero-order valence-corrected chi connectivity index (χ0v) is 81.6. The number of benzene rings is 19. The van der Waals surface area contributed by atoms with Crippen molar-refractivity contribution in [1.82, 2.24) is 44.9 Å². The number of anilines is 9. The van der Waals surface area contributed by atoms with Gasteiger partial charge in [-0.2, -0.15) is 0 Å². The first-order valence-electron chi connectivity index (χ1n) is 49.3. The first-order chi connectivity index (χ1) is 71.6. The third-order valence-electron chi connectivity index (χ3n) is 28.2. The maximum absolute atomic E-state index is 7.28. The summed E-state index contributed by atoms with van der Waals surface area (Å²) in [6.07, 6.45) is 0. The summed E-state index contributed by atoms with van der Waals surface area (Å²) in [7, 11) is 0. The molecule has 3 aromatic heterocycles. The SMILES string of the molecule is CC1(C)c2ccccc2N(c2ccc(-c3nc(-c4ccc(-c5ccccc5)cc4)nc(-c4ccc(-c5ccccc5)cc4)n3)cc2)c2ccccc21.CC1(C)c2ccccc2N(c2ccc(-c3nc(-c4cccc(-c5ccccc5)c4)nc(-c4cccc(-c5ccccc5)c4)n3)cc2)c2ccccc21.[C-]#[N+]c1ccc(-c2nc(-c3ccccc3)nc(-c3ccc(N4c5ccccc5C(C)(C)c5ccccc54)cc3)n2)cc1. The topological polar surface area (TPSA) is 130 Å². The molecule has 0 atom stereocenters. The smallest absolute Gasteiger partial charge is 0.187 e. The monoisotopic (exact) mass is 1880 g/mol. The first-order valence-corrected chi connectivity index (χ1v) is 49.3. The second kappa shape index (κ2) is 38.9. The highest BCUT2D eigenvalue weighted by Crippen LogP contribution is 2.56. The van der Waals surface area contributed by atoms with Crippen LogP contribution in [0.2, 0.25) is 0 Å². The highest BCUT2D eigenvalue weighted by atomic mass is 15.2. The molecule has 146 heavy (non-hydrogen) atoms. The van der Waals surface area contributed by atoms with Crippen LogP contribution in [0.25, 0.3) is 152 Å². The van der Waals surface area contributed by atoms with E-state index in [0.29, 0.717) is 58.1 Å². The largest absolute Gasteiger partial charge is 0.310 e. The van der Waals surface area contributed by atoms with Gasteiger partial charge in [-0.3, -0.25) is 0 Å². The third kappa shape index (κ3) is 17.8. The lowest BCUT2D eigenvalue weighted by Crippen LogP contribution is -2.30. The molecule has 13 heteroatoms. The summed E-state index contributed by atoms with van der Waals surface area (Å²) in [5.74, 6) is 5.57. The van der Waals surface area contributed by atoms with Gasteiger partial charge in [0.2, 0.25) is 0 Å². The molecule has 0 fully saturated rings. The minimum absolute atomic E-state index is 0.105. The van der Waals surface area contributed by atoms with Gasteiger partial charge in [0.25, 0.3) is 0 Å². The molecular weight excluding hydrogens is 1780 g/mol. The van der Waals surface area contributed by atoms with Crippen LogP contribution in [0.3, 0.4) is 0 Å². The molecule has 0 saturated heterocycles. The summed E-state index contributed by atoms with van der Waals surface area (Å²) in [5, 5.41) is 0. The summed E-state index contributed by atoms with van der Waals surface area (Å²) < 4.78 is 0. The average molecular weight is 1880 g/mol. The predicted molar refractivity (Wildman–Crippen MR) is 597 cm³/mol. The Morgan fingerprint density at radius 3 is 0.548 bits per heavy atom. The maximum Gasteiger partial charge on any atom is 0.187 e. The Hall–Kier alpha value is -18.9. The number of fused-ring (bicyclic) bond motifs is 6. The van der Waals surface area contributed by atoms with Crippen molar-refractivity contribution in [3.8, 4) is 147 Å². The van der Waals surface area contributed by atoms with Crippen LogP contribution in [0.4, 0.5) is 56.9 Å². The van der Waals surface area contributed by atoms with Gasteiger partial charge in [0.15, 0.2) is 58.1 Å². The molecule has 19 aromatic carbocycles. The van der Waals surface area contributed by atoms with Crippen LogP contribution in [0, 0.1) is 6.57 Å².